The molecule has 126 valence electrons. The lowest BCUT2D eigenvalue weighted by molar-refractivity contribution is 0.0957. The van der Waals surface area contributed by atoms with Crippen molar-refractivity contribution in [2.45, 2.75) is 6.92 Å². The van der Waals surface area contributed by atoms with Crippen LogP contribution in [-0.2, 0) is 0 Å². The molecule has 0 aromatic heterocycles. The smallest absolute Gasteiger partial charge is 0.271 e. The minimum absolute atomic E-state index is 0.228. The third-order valence-corrected chi connectivity index (χ3v) is 4.51. The topological polar surface area (TPSA) is 50.7 Å². The summed E-state index contributed by atoms with van der Waals surface area (Å²) in [5.74, 6) is 0.619. The van der Waals surface area contributed by atoms with E-state index in [1.54, 1.807) is 12.3 Å². The summed E-state index contributed by atoms with van der Waals surface area (Å²) in [5.41, 5.74) is 4.10. The Morgan fingerprint density at radius 1 is 1.16 bits per heavy atom. The van der Waals surface area contributed by atoms with Crippen LogP contribution in [0.3, 0.4) is 0 Å². The average Bonchev–Trinajstić information content (AvgIpc) is 2.63. The number of carbonyl (C=O) groups is 1. The van der Waals surface area contributed by atoms with Crippen LogP contribution in [0.25, 0.3) is 10.8 Å². The molecule has 25 heavy (non-hydrogen) atoms. The second kappa shape index (κ2) is 8.11. The standard InChI is InChI=1S/C20H17IN2O2/c1-2-25-19-11-10-14(12-18(19)21)13-22-23-20(24)17-9-5-7-15-6-3-4-8-16(15)17/h3-13H,2H2,1H3,(H,23,24)/b22-13-. The van der Waals surface area contributed by atoms with Crippen molar-refractivity contribution >= 4 is 45.5 Å². The van der Waals surface area contributed by atoms with Crippen LogP contribution >= 0.6 is 22.6 Å². The molecule has 0 spiro atoms. The zero-order valence-electron chi connectivity index (χ0n) is 13.7. The number of hydrazone groups is 1. The van der Waals surface area contributed by atoms with E-state index in [9.17, 15) is 4.79 Å². The normalized spacial score (nSPS) is 11.0. The summed E-state index contributed by atoms with van der Waals surface area (Å²) in [5, 5.41) is 6.01. The SMILES string of the molecule is CCOc1ccc(/C=N\NC(=O)c2cccc3ccccc23)cc1I. The van der Waals surface area contributed by atoms with E-state index in [-0.39, 0.29) is 5.91 Å². The predicted molar refractivity (Wildman–Crippen MR) is 109 cm³/mol. The van der Waals surface area contributed by atoms with Crippen LogP contribution in [0.2, 0.25) is 0 Å². The van der Waals surface area contributed by atoms with Gasteiger partial charge in [-0.25, -0.2) is 5.43 Å². The molecule has 5 heteroatoms. The molecule has 0 aliphatic rings. The van der Waals surface area contributed by atoms with E-state index in [2.05, 4.69) is 33.1 Å². The van der Waals surface area contributed by atoms with Gasteiger partial charge in [0.2, 0.25) is 0 Å². The Labute approximate surface area is 160 Å². The molecule has 0 aliphatic heterocycles. The summed E-state index contributed by atoms with van der Waals surface area (Å²) in [4.78, 5) is 12.4. The number of hydrogen-bond acceptors (Lipinski definition) is 3. The van der Waals surface area contributed by atoms with E-state index in [1.165, 1.54) is 0 Å². The number of halogens is 1. The molecule has 3 rings (SSSR count). The molecule has 0 saturated carbocycles. The number of benzene rings is 3. The highest BCUT2D eigenvalue weighted by molar-refractivity contribution is 14.1. The Hall–Kier alpha value is -2.41. The van der Waals surface area contributed by atoms with E-state index in [0.29, 0.717) is 12.2 Å². The van der Waals surface area contributed by atoms with Crippen molar-refractivity contribution in [3.8, 4) is 5.75 Å². The molecule has 0 saturated heterocycles. The largest absolute Gasteiger partial charge is 0.493 e. The van der Waals surface area contributed by atoms with E-state index < -0.39 is 0 Å². The Morgan fingerprint density at radius 2 is 1.96 bits per heavy atom. The number of carbonyl (C=O) groups excluding carboxylic acids is 1. The van der Waals surface area contributed by atoms with Crippen LogP contribution < -0.4 is 10.2 Å². The fourth-order valence-electron chi connectivity index (χ4n) is 2.52. The molecule has 4 nitrogen and oxygen atoms in total. The maximum atomic E-state index is 12.4. The van der Waals surface area contributed by atoms with Gasteiger partial charge in [0, 0.05) is 5.56 Å². The fourth-order valence-corrected chi connectivity index (χ4v) is 3.21. The first-order valence-electron chi connectivity index (χ1n) is 7.92. The van der Waals surface area contributed by atoms with Gasteiger partial charge in [0.05, 0.1) is 16.4 Å². The summed E-state index contributed by atoms with van der Waals surface area (Å²) in [6, 6.07) is 19.2. The van der Waals surface area contributed by atoms with Crippen molar-refractivity contribution in [3.05, 3.63) is 75.4 Å². The first kappa shape index (κ1) is 17.4. The number of ether oxygens (including phenoxy) is 1. The van der Waals surface area contributed by atoms with Gasteiger partial charge in [-0.15, -0.1) is 0 Å². The summed E-state index contributed by atoms with van der Waals surface area (Å²) in [6.07, 6.45) is 1.63. The van der Waals surface area contributed by atoms with Crippen LogP contribution in [0.1, 0.15) is 22.8 Å². The van der Waals surface area contributed by atoms with Crippen molar-refractivity contribution < 1.29 is 9.53 Å². The summed E-state index contributed by atoms with van der Waals surface area (Å²) in [6.45, 7) is 2.58. The molecule has 0 fully saturated rings. The van der Waals surface area contributed by atoms with Gasteiger partial charge in [-0.05, 0) is 70.1 Å². The molecule has 0 radical (unpaired) electrons. The van der Waals surface area contributed by atoms with Crippen LogP contribution in [0.4, 0.5) is 0 Å². The second-order valence-corrected chi connectivity index (χ2v) is 6.51. The minimum atomic E-state index is -0.228. The van der Waals surface area contributed by atoms with Crippen molar-refractivity contribution in [2.24, 2.45) is 5.10 Å². The number of rotatable bonds is 5. The monoisotopic (exact) mass is 444 g/mol. The van der Waals surface area contributed by atoms with Gasteiger partial charge in [0.15, 0.2) is 0 Å². The first-order valence-corrected chi connectivity index (χ1v) is 9.00. The Bertz CT molecular complexity index is 933. The molecule has 0 atom stereocenters. The van der Waals surface area contributed by atoms with E-state index in [1.807, 2.05) is 61.5 Å². The Morgan fingerprint density at radius 3 is 2.76 bits per heavy atom. The third kappa shape index (κ3) is 4.17. The average molecular weight is 444 g/mol. The van der Waals surface area contributed by atoms with E-state index in [4.69, 9.17) is 4.74 Å². The highest BCUT2D eigenvalue weighted by Gasteiger charge is 2.08. The van der Waals surface area contributed by atoms with Crippen LogP contribution in [-0.4, -0.2) is 18.7 Å². The number of nitrogens with one attached hydrogen (secondary N) is 1. The lowest BCUT2D eigenvalue weighted by Gasteiger charge is -2.06. The number of fused-ring (bicyclic) bond motifs is 1. The maximum absolute atomic E-state index is 12.4. The predicted octanol–water partition coefficient (Wildman–Crippen LogP) is 4.61. The van der Waals surface area contributed by atoms with Crippen molar-refractivity contribution in [3.63, 3.8) is 0 Å². The van der Waals surface area contributed by atoms with Crippen molar-refractivity contribution in [1.82, 2.24) is 5.43 Å². The second-order valence-electron chi connectivity index (χ2n) is 5.35. The van der Waals surface area contributed by atoms with Gasteiger partial charge in [-0.1, -0.05) is 36.4 Å². The highest BCUT2D eigenvalue weighted by Crippen LogP contribution is 2.21. The quantitative estimate of drug-likeness (QED) is 0.355. The van der Waals surface area contributed by atoms with Gasteiger partial charge in [0.25, 0.3) is 5.91 Å². The summed E-state index contributed by atoms with van der Waals surface area (Å²) in [7, 11) is 0. The fraction of sp³-hybridized carbons (Fsp3) is 0.100. The lowest BCUT2D eigenvalue weighted by Crippen LogP contribution is -2.17. The van der Waals surface area contributed by atoms with Gasteiger partial charge in [-0.2, -0.15) is 5.10 Å². The van der Waals surface area contributed by atoms with Crippen LogP contribution in [0, 0.1) is 3.57 Å². The zero-order chi connectivity index (χ0) is 17.6. The zero-order valence-corrected chi connectivity index (χ0v) is 15.9. The minimum Gasteiger partial charge on any atom is -0.493 e. The summed E-state index contributed by atoms with van der Waals surface area (Å²) >= 11 is 2.22. The van der Waals surface area contributed by atoms with Gasteiger partial charge in [0.1, 0.15) is 5.75 Å². The molecule has 0 bridgehead atoms. The van der Waals surface area contributed by atoms with Gasteiger partial charge in [-0.3, -0.25) is 4.79 Å². The highest BCUT2D eigenvalue weighted by atomic mass is 127. The molecule has 1 amide bonds. The van der Waals surface area contributed by atoms with Crippen molar-refractivity contribution in [2.75, 3.05) is 6.61 Å². The lowest BCUT2D eigenvalue weighted by atomic mass is 10.0. The van der Waals surface area contributed by atoms with Gasteiger partial charge >= 0.3 is 0 Å². The Kier molecular flexibility index (Phi) is 5.65. The molecule has 0 heterocycles. The number of hydrogen-bond donors (Lipinski definition) is 1. The molecule has 0 aliphatic carbocycles. The molecule has 1 N–H and O–H groups in total. The van der Waals surface area contributed by atoms with Crippen molar-refractivity contribution in [1.29, 1.82) is 0 Å². The number of nitrogens with zero attached hydrogens (tertiary/aromatic N) is 1. The Balaban J connectivity index is 1.73. The molecule has 3 aromatic rings. The molecular weight excluding hydrogens is 427 g/mol. The van der Waals surface area contributed by atoms with Gasteiger partial charge < -0.3 is 4.74 Å². The maximum Gasteiger partial charge on any atom is 0.271 e. The molecule has 3 aromatic carbocycles. The third-order valence-electron chi connectivity index (χ3n) is 3.67. The van der Waals surface area contributed by atoms with E-state index >= 15 is 0 Å². The van der Waals surface area contributed by atoms with E-state index in [0.717, 1.165) is 25.7 Å². The molecular formula is C20H17IN2O2. The molecule has 0 unspecified atom stereocenters. The summed E-state index contributed by atoms with van der Waals surface area (Å²) < 4.78 is 6.51. The number of amides is 1. The first-order chi connectivity index (χ1) is 12.2. The van der Waals surface area contributed by atoms with Crippen LogP contribution in [0.5, 0.6) is 5.75 Å². The van der Waals surface area contributed by atoms with Crippen LogP contribution in [0.15, 0.2) is 65.8 Å².